The average Bonchev–Trinajstić information content (AvgIpc) is 2.62. The zero-order valence-corrected chi connectivity index (χ0v) is 6.68. The molecule has 0 aromatic rings. The van der Waals surface area contributed by atoms with E-state index in [-0.39, 0.29) is 6.23 Å². The van der Waals surface area contributed by atoms with Crippen LogP contribution in [-0.4, -0.2) is 12.3 Å². The SMILES string of the molecule is C1=CC2NC3OC=CC3C2C=C1. The zero-order chi connectivity index (χ0) is 7.97. The Kier molecular flexibility index (Phi) is 1.21. The van der Waals surface area contributed by atoms with Crippen LogP contribution in [0, 0.1) is 11.8 Å². The molecular weight excluding hydrogens is 150 g/mol. The summed E-state index contributed by atoms with van der Waals surface area (Å²) in [6.07, 6.45) is 12.9. The molecule has 2 heterocycles. The normalized spacial score (nSPS) is 47.3. The maximum atomic E-state index is 5.41. The highest BCUT2D eigenvalue weighted by atomic mass is 16.5. The second-order valence-corrected chi connectivity index (χ2v) is 3.50. The molecule has 3 aliphatic rings. The van der Waals surface area contributed by atoms with Gasteiger partial charge in [0.2, 0.25) is 0 Å². The Morgan fingerprint density at radius 1 is 1.00 bits per heavy atom. The highest BCUT2D eigenvalue weighted by Crippen LogP contribution is 2.35. The summed E-state index contributed by atoms with van der Waals surface area (Å²) in [6, 6.07) is 0.481. The highest BCUT2D eigenvalue weighted by Gasteiger charge is 2.42. The van der Waals surface area contributed by atoms with Crippen molar-refractivity contribution in [2.24, 2.45) is 11.8 Å². The summed E-state index contributed by atoms with van der Waals surface area (Å²) >= 11 is 0. The Bertz CT molecular complexity index is 280. The van der Waals surface area contributed by atoms with Crippen molar-refractivity contribution < 1.29 is 4.74 Å². The molecule has 0 aromatic heterocycles. The van der Waals surface area contributed by atoms with Gasteiger partial charge in [0.1, 0.15) is 0 Å². The molecule has 1 N–H and O–H groups in total. The van der Waals surface area contributed by atoms with E-state index in [2.05, 4.69) is 35.7 Å². The molecule has 1 fully saturated rings. The second-order valence-electron chi connectivity index (χ2n) is 3.50. The van der Waals surface area contributed by atoms with Gasteiger partial charge in [-0.2, -0.15) is 0 Å². The van der Waals surface area contributed by atoms with E-state index in [9.17, 15) is 0 Å². The van der Waals surface area contributed by atoms with Gasteiger partial charge in [-0.05, 0) is 6.08 Å². The molecule has 0 radical (unpaired) electrons. The molecule has 4 unspecified atom stereocenters. The minimum absolute atomic E-state index is 0.215. The molecule has 1 aliphatic carbocycles. The summed E-state index contributed by atoms with van der Waals surface area (Å²) in [4.78, 5) is 0. The topological polar surface area (TPSA) is 21.3 Å². The fourth-order valence-corrected chi connectivity index (χ4v) is 2.24. The van der Waals surface area contributed by atoms with Crippen LogP contribution in [0.3, 0.4) is 0 Å². The number of allylic oxidation sites excluding steroid dienone is 2. The smallest absolute Gasteiger partial charge is 0.156 e. The number of hydrogen-bond acceptors (Lipinski definition) is 2. The van der Waals surface area contributed by atoms with Crippen LogP contribution < -0.4 is 5.32 Å². The van der Waals surface area contributed by atoms with Gasteiger partial charge in [0, 0.05) is 17.9 Å². The minimum Gasteiger partial charge on any atom is -0.483 e. The monoisotopic (exact) mass is 161 g/mol. The fourth-order valence-electron chi connectivity index (χ4n) is 2.24. The van der Waals surface area contributed by atoms with Crippen molar-refractivity contribution in [2.45, 2.75) is 12.3 Å². The number of rotatable bonds is 0. The highest BCUT2D eigenvalue weighted by molar-refractivity contribution is 5.24. The number of fused-ring (bicyclic) bond motifs is 3. The van der Waals surface area contributed by atoms with E-state index in [1.165, 1.54) is 0 Å². The molecule has 62 valence electrons. The van der Waals surface area contributed by atoms with Crippen molar-refractivity contribution >= 4 is 0 Å². The van der Waals surface area contributed by atoms with Crippen LogP contribution in [0.5, 0.6) is 0 Å². The average molecular weight is 161 g/mol. The summed E-state index contributed by atoms with van der Waals surface area (Å²) in [6.45, 7) is 0. The summed E-state index contributed by atoms with van der Waals surface area (Å²) < 4.78 is 5.41. The van der Waals surface area contributed by atoms with Crippen molar-refractivity contribution in [3.63, 3.8) is 0 Å². The predicted molar refractivity (Wildman–Crippen MR) is 46.2 cm³/mol. The van der Waals surface area contributed by atoms with Gasteiger partial charge in [0.15, 0.2) is 6.23 Å². The molecule has 2 heteroatoms. The predicted octanol–water partition coefficient (Wildman–Crippen LogP) is 1.19. The Hall–Kier alpha value is -1.02. The van der Waals surface area contributed by atoms with Crippen LogP contribution in [-0.2, 0) is 4.74 Å². The Morgan fingerprint density at radius 3 is 2.92 bits per heavy atom. The Balaban J connectivity index is 1.94. The van der Waals surface area contributed by atoms with Crippen molar-refractivity contribution in [1.29, 1.82) is 0 Å². The first-order chi connectivity index (χ1) is 5.95. The fraction of sp³-hybridized carbons (Fsp3) is 0.400. The van der Waals surface area contributed by atoms with Crippen LogP contribution in [0.1, 0.15) is 0 Å². The Morgan fingerprint density at radius 2 is 1.92 bits per heavy atom. The molecule has 0 spiro atoms. The van der Waals surface area contributed by atoms with Gasteiger partial charge in [-0.25, -0.2) is 0 Å². The first-order valence-electron chi connectivity index (χ1n) is 4.38. The largest absolute Gasteiger partial charge is 0.483 e. The molecule has 3 rings (SSSR count). The molecule has 0 saturated carbocycles. The van der Waals surface area contributed by atoms with E-state index >= 15 is 0 Å². The van der Waals surface area contributed by atoms with E-state index in [1.807, 2.05) is 6.26 Å². The first-order valence-corrected chi connectivity index (χ1v) is 4.38. The lowest BCUT2D eigenvalue weighted by Gasteiger charge is -2.16. The molecular formula is C10H11NO. The Labute approximate surface area is 71.6 Å². The first kappa shape index (κ1) is 6.49. The van der Waals surface area contributed by atoms with E-state index in [1.54, 1.807) is 0 Å². The van der Waals surface area contributed by atoms with Gasteiger partial charge in [-0.3, -0.25) is 5.32 Å². The lowest BCUT2D eigenvalue weighted by atomic mass is 9.88. The van der Waals surface area contributed by atoms with Gasteiger partial charge >= 0.3 is 0 Å². The van der Waals surface area contributed by atoms with Gasteiger partial charge in [-0.15, -0.1) is 0 Å². The number of hydrogen-bond donors (Lipinski definition) is 1. The number of nitrogens with one attached hydrogen (secondary N) is 1. The molecule has 2 nitrogen and oxygen atoms in total. The van der Waals surface area contributed by atoms with Gasteiger partial charge in [-0.1, -0.05) is 24.3 Å². The maximum absolute atomic E-state index is 5.41. The third-order valence-corrected chi connectivity index (χ3v) is 2.85. The quantitative estimate of drug-likeness (QED) is 0.576. The van der Waals surface area contributed by atoms with Crippen molar-refractivity contribution in [3.8, 4) is 0 Å². The summed E-state index contributed by atoms with van der Waals surface area (Å²) in [5.41, 5.74) is 0. The van der Waals surface area contributed by atoms with Crippen LogP contribution in [0.15, 0.2) is 36.6 Å². The third-order valence-electron chi connectivity index (χ3n) is 2.85. The molecule has 2 aliphatic heterocycles. The van der Waals surface area contributed by atoms with Gasteiger partial charge in [0.05, 0.1) is 6.26 Å². The van der Waals surface area contributed by atoms with E-state index < -0.39 is 0 Å². The van der Waals surface area contributed by atoms with E-state index in [0.717, 1.165) is 0 Å². The van der Waals surface area contributed by atoms with Crippen LogP contribution in [0.2, 0.25) is 0 Å². The zero-order valence-electron chi connectivity index (χ0n) is 6.68. The van der Waals surface area contributed by atoms with E-state index in [0.29, 0.717) is 17.9 Å². The van der Waals surface area contributed by atoms with Gasteiger partial charge < -0.3 is 4.74 Å². The van der Waals surface area contributed by atoms with Crippen LogP contribution in [0.25, 0.3) is 0 Å². The molecule has 0 bridgehead atoms. The standard InChI is InChI=1S/C10H11NO/c1-2-4-9-7(3-1)8-5-6-12-10(8)11-9/h1-11H. The van der Waals surface area contributed by atoms with Crippen molar-refractivity contribution in [3.05, 3.63) is 36.6 Å². The van der Waals surface area contributed by atoms with Crippen molar-refractivity contribution in [2.75, 3.05) is 0 Å². The third kappa shape index (κ3) is 0.730. The molecule has 4 atom stereocenters. The summed E-state index contributed by atoms with van der Waals surface area (Å²) in [5.74, 6) is 1.13. The minimum atomic E-state index is 0.215. The van der Waals surface area contributed by atoms with Crippen LogP contribution in [0.4, 0.5) is 0 Å². The maximum Gasteiger partial charge on any atom is 0.156 e. The summed E-state index contributed by atoms with van der Waals surface area (Å²) in [7, 11) is 0. The molecule has 0 amide bonds. The van der Waals surface area contributed by atoms with Crippen LogP contribution >= 0.6 is 0 Å². The molecule has 12 heavy (non-hydrogen) atoms. The van der Waals surface area contributed by atoms with Gasteiger partial charge in [0.25, 0.3) is 0 Å². The molecule has 1 saturated heterocycles. The van der Waals surface area contributed by atoms with Crippen molar-refractivity contribution in [1.82, 2.24) is 5.32 Å². The number of ether oxygens (including phenoxy) is 1. The molecule has 0 aromatic carbocycles. The lowest BCUT2D eigenvalue weighted by molar-refractivity contribution is 0.128. The van der Waals surface area contributed by atoms with E-state index in [4.69, 9.17) is 4.74 Å². The summed E-state index contributed by atoms with van der Waals surface area (Å²) in [5, 5.41) is 3.43. The lowest BCUT2D eigenvalue weighted by Crippen LogP contribution is -2.30. The second kappa shape index (κ2) is 2.23.